The summed E-state index contributed by atoms with van der Waals surface area (Å²) in [7, 11) is 0. The summed E-state index contributed by atoms with van der Waals surface area (Å²) in [4.78, 5) is 22.6. The highest BCUT2D eigenvalue weighted by Crippen LogP contribution is 2.51. The number of benzene rings is 2. The number of fused-ring (bicyclic) bond motifs is 1. The van der Waals surface area contributed by atoms with E-state index in [0.29, 0.717) is 32.9 Å². The van der Waals surface area contributed by atoms with E-state index in [1.807, 2.05) is 47.0 Å². The van der Waals surface area contributed by atoms with Gasteiger partial charge in [-0.3, -0.25) is 0 Å². The Morgan fingerprint density at radius 3 is 1.66 bits per heavy atom. The lowest BCUT2D eigenvalue weighted by molar-refractivity contribution is -0.138. The second-order valence-corrected chi connectivity index (χ2v) is 13.1. The van der Waals surface area contributed by atoms with Crippen LogP contribution >= 0.6 is 47.0 Å². The van der Waals surface area contributed by atoms with Gasteiger partial charge in [0.2, 0.25) is 0 Å². The Morgan fingerprint density at radius 1 is 0.812 bits per heavy atom. The molecule has 2 heterocycles. The molecule has 0 radical (unpaired) electrons. The molecule has 4 rings (SSSR count). The van der Waals surface area contributed by atoms with E-state index in [4.69, 9.17) is 9.47 Å². The molecule has 0 aliphatic carbocycles. The molecule has 0 saturated carbocycles. The molecular weight excluding hydrogens is 481 g/mol. The maximum atomic E-state index is 11.3. The molecular formula is C24H24O4S4. The van der Waals surface area contributed by atoms with Gasteiger partial charge in [-0.05, 0) is 34.0 Å². The van der Waals surface area contributed by atoms with Crippen LogP contribution in [0.25, 0.3) is 10.8 Å². The Labute approximate surface area is 205 Å². The monoisotopic (exact) mass is 504 g/mol. The SMILES string of the molecule is C=CC(=O)OCC1CSC(c2ccc3cc(C4SCC(COC(=O)C=C)S4)ccc3c2)S1. The zero-order chi connectivity index (χ0) is 22.5. The molecule has 0 aromatic heterocycles. The molecule has 4 atom stereocenters. The van der Waals surface area contributed by atoms with Crippen molar-refractivity contribution in [2.24, 2.45) is 0 Å². The quantitative estimate of drug-likeness (QED) is 0.321. The molecule has 32 heavy (non-hydrogen) atoms. The molecule has 4 unspecified atom stereocenters. The van der Waals surface area contributed by atoms with Crippen LogP contribution in [0.2, 0.25) is 0 Å². The molecule has 0 bridgehead atoms. The molecule has 0 N–H and O–H groups in total. The van der Waals surface area contributed by atoms with Crippen LogP contribution in [-0.4, -0.2) is 47.2 Å². The molecule has 2 aromatic rings. The number of hydrogen-bond donors (Lipinski definition) is 0. The molecule has 2 aromatic carbocycles. The molecule has 2 aliphatic rings. The first-order valence-electron chi connectivity index (χ1n) is 10.2. The van der Waals surface area contributed by atoms with E-state index in [1.165, 1.54) is 34.1 Å². The Hall–Kier alpha value is -1.48. The molecule has 168 valence electrons. The first kappa shape index (κ1) is 23.7. The lowest BCUT2D eigenvalue weighted by atomic mass is 10.1. The lowest BCUT2D eigenvalue weighted by Gasteiger charge is -2.14. The summed E-state index contributed by atoms with van der Waals surface area (Å²) < 4.78 is 11.1. The fourth-order valence-corrected chi connectivity index (χ4v) is 9.86. The molecule has 2 aliphatic heterocycles. The summed E-state index contributed by atoms with van der Waals surface area (Å²) in [6, 6.07) is 13.4. The Morgan fingerprint density at radius 2 is 1.25 bits per heavy atom. The minimum Gasteiger partial charge on any atom is -0.461 e. The van der Waals surface area contributed by atoms with Crippen molar-refractivity contribution in [2.45, 2.75) is 19.7 Å². The smallest absolute Gasteiger partial charge is 0.330 e. The van der Waals surface area contributed by atoms with Gasteiger partial charge in [0.05, 0.1) is 9.16 Å². The largest absolute Gasteiger partial charge is 0.461 e. The van der Waals surface area contributed by atoms with Crippen LogP contribution in [0, 0.1) is 0 Å². The van der Waals surface area contributed by atoms with E-state index < -0.39 is 0 Å². The van der Waals surface area contributed by atoms with Gasteiger partial charge < -0.3 is 9.47 Å². The molecule has 4 nitrogen and oxygen atoms in total. The van der Waals surface area contributed by atoms with Crippen molar-refractivity contribution in [2.75, 3.05) is 24.7 Å². The minimum atomic E-state index is -0.358. The van der Waals surface area contributed by atoms with Crippen molar-refractivity contribution >= 4 is 69.8 Å². The van der Waals surface area contributed by atoms with Crippen LogP contribution in [0.1, 0.15) is 20.3 Å². The third kappa shape index (κ3) is 5.90. The summed E-state index contributed by atoms with van der Waals surface area (Å²) in [6.07, 6.45) is 2.42. The number of rotatable bonds is 8. The second-order valence-electron chi connectivity index (χ2n) is 7.38. The van der Waals surface area contributed by atoms with Gasteiger partial charge in [0.1, 0.15) is 13.2 Å². The van der Waals surface area contributed by atoms with E-state index in [0.717, 1.165) is 11.5 Å². The summed E-state index contributed by atoms with van der Waals surface area (Å²) in [5.41, 5.74) is 2.60. The van der Waals surface area contributed by atoms with E-state index in [1.54, 1.807) is 0 Å². The van der Waals surface area contributed by atoms with Crippen molar-refractivity contribution < 1.29 is 19.1 Å². The zero-order valence-electron chi connectivity index (χ0n) is 17.4. The number of carbonyl (C=O) groups is 2. The molecule has 0 amide bonds. The highest BCUT2D eigenvalue weighted by Gasteiger charge is 2.29. The molecule has 8 heteroatoms. The van der Waals surface area contributed by atoms with E-state index in [2.05, 4.69) is 49.6 Å². The third-order valence-corrected chi connectivity index (χ3v) is 11.7. The molecule has 0 spiro atoms. The summed E-state index contributed by atoms with van der Waals surface area (Å²) in [5, 5.41) is 3.08. The van der Waals surface area contributed by atoms with Crippen molar-refractivity contribution in [3.8, 4) is 0 Å². The zero-order valence-corrected chi connectivity index (χ0v) is 20.7. The first-order chi connectivity index (χ1) is 15.6. The average Bonchev–Trinajstić information content (AvgIpc) is 3.50. The fourth-order valence-electron chi connectivity index (χ4n) is 3.46. The van der Waals surface area contributed by atoms with Crippen LogP contribution in [0.3, 0.4) is 0 Å². The number of hydrogen-bond acceptors (Lipinski definition) is 8. The first-order valence-corrected chi connectivity index (χ1v) is 14.2. The topological polar surface area (TPSA) is 52.6 Å². The Balaban J connectivity index is 1.37. The van der Waals surface area contributed by atoms with Gasteiger partial charge in [-0.1, -0.05) is 37.4 Å². The molecule has 2 fully saturated rings. The van der Waals surface area contributed by atoms with Crippen molar-refractivity contribution in [1.29, 1.82) is 0 Å². The number of esters is 2. The van der Waals surface area contributed by atoms with Crippen molar-refractivity contribution in [1.82, 2.24) is 0 Å². The third-order valence-electron chi connectivity index (χ3n) is 5.09. The standard InChI is InChI=1S/C24H24O4S4/c1-3-21(25)27-11-19-13-29-23(31-19)17-7-5-16-10-18(8-6-15(16)9-17)24-30-14-20(32-24)12-28-22(26)4-2/h3-10,19-20,23-24H,1-2,11-14H2. The number of thioether (sulfide) groups is 4. The van der Waals surface area contributed by atoms with Gasteiger partial charge in [0, 0.05) is 34.2 Å². The second kappa shape index (κ2) is 11.1. The maximum absolute atomic E-state index is 11.3. The van der Waals surface area contributed by atoms with E-state index >= 15 is 0 Å². The Kier molecular flexibility index (Phi) is 8.21. The highest BCUT2D eigenvalue weighted by molar-refractivity contribution is 8.20. The fraction of sp³-hybridized carbons (Fsp3) is 0.333. The number of carbonyl (C=O) groups excluding carboxylic acids is 2. The summed E-state index contributed by atoms with van der Waals surface area (Å²) in [5.74, 6) is 1.22. The van der Waals surface area contributed by atoms with Crippen molar-refractivity contribution in [3.05, 3.63) is 72.8 Å². The highest BCUT2D eigenvalue weighted by atomic mass is 32.2. The van der Waals surface area contributed by atoms with Gasteiger partial charge in [-0.25, -0.2) is 9.59 Å². The maximum Gasteiger partial charge on any atom is 0.330 e. The van der Waals surface area contributed by atoms with Crippen LogP contribution in [0.4, 0.5) is 0 Å². The van der Waals surface area contributed by atoms with Crippen LogP contribution in [-0.2, 0) is 19.1 Å². The predicted molar refractivity (Wildman–Crippen MR) is 139 cm³/mol. The van der Waals surface area contributed by atoms with Crippen LogP contribution < -0.4 is 0 Å². The summed E-state index contributed by atoms with van der Waals surface area (Å²) in [6.45, 7) is 7.74. The van der Waals surface area contributed by atoms with Gasteiger partial charge >= 0.3 is 11.9 Å². The minimum absolute atomic E-state index is 0.307. The van der Waals surface area contributed by atoms with E-state index in [-0.39, 0.29) is 11.9 Å². The molecule has 2 saturated heterocycles. The van der Waals surface area contributed by atoms with Gasteiger partial charge in [-0.2, -0.15) is 0 Å². The predicted octanol–water partition coefficient (Wildman–Crippen LogP) is 5.99. The van der Waals surface area contributed by atoms with Gasteiger partial charge in [0.15, 0.2) is 0 Å². The van der Waals surface area contributed by atoms with Crippen LogP contribution in [0.5, 0.6) is 0 Å². The van der Waals surface area contributed by atoms with Crippen molar-refractivity contribution in [3.63, 3.8) is 0 Å². The van der Waals surface area contributed by atoms with Crippen LogP contribution in [0.15, 0.2) is 61.7 Å². The lowest BCUT2D eigenvalue weighted by Crippen LogP contribution is -2.14. The summed E-state index contributed by atoms with van der Waals surface area (Å²) >= 11 is 7.52. The van der Waals surface area contributed by atoms with Gasteiger partial charge in [-0.15, -0.1) is 47.0 Å². The van der Waals surface area contributed by atoms with E-state index in [9.17, 15) is 9.59 Å². The Bertz CT molecular complexity index is 943. The number of ether oxygens (including phenoxy) is 2. The van der Waals surface area contributed by atoms with Gasteiger partial charge in [0.25, 0.3) is 0 Å². The average molecular weight is 505 g/mol. The normalized spacial score (nSPS) is 24.9.